The number of carbonyl (C=O) groups excluding carboxylic acids is 2. The SMILES string of the molecule is Cc1ccc(S(=O)(=O)N(C)C[C@H]2Oc3ccc(NC(=O)CCN4CCOCC4)cc3CC(=O)N([C@@H](C)CO)C[C@H]2C)cc1. The minimum absolute atomic E-state index is 0.00804. The van der Waals surface area contributed by atoms with Crippen LogP contribution in [0, 0.1) is 12.8 Å². The molecule has 2 aromatic rings. The van der Waals surface area contributed by atoms with Gasteiger partial charge in [0.25, 0.3) is 0 Å². The molecule has 1 fully saturated rings. The number of aryl methyl sites for hydroxylation is 1. The number of fused-ring (bicyclic) bond motifs is 1. The first kappa shape index (κ1) is 32.9. The number of benzene rings is 2. The molecule has 3 atom stereocenters. The number of aliphatic hydroxyl groups excluding tert-OH is 1. The summed E-state index contributed by atoms with van der Waals surface area (Å²) < 4.78 is 39.9. The molecule has 2 amide bonds. The van der Waals surface area contributed by atoms with Crippen molar-refractivity contribution in [3.05, 3.63) is 53.6 Å². The maximum atomic E-state index is 13.5. The number of hydrogen-bond acceptors (Lipinski definition) is 8. The van der Waals surface area contributed by atoms with Crippen molar-refractivity contribution in [1.29, 1.82) is 0 Å². The van der Waals surface area contributed by atoms with Crippen molar-refractivity contribution >= 4 is 27.5 Å². The molecule has 0 saturated carbocycles. The molecule has 11 nitrogen and oxygen atoms in total. The van der Waals surface area contributed by atoms with Gasteiger partial charge in [0.1, 0.15) is 11.9 Å². The van der Waals surface area contributed by atoms with Gasteiger partial charge in [0, 0.05) is 56.8 Å². The van der Waals surface area contributed by atoms with Crippen molar-refractivity contribution in [3.63, 3.8) is 0 Å². The molecule has 2 aromatic carbocycles. The second-order valence-electron chi connectivity index (χ2n) is 11.6. The van der Waals surface area contributed by atoms with Crippen LogP contribution in [0.5, 0.6) is 5.75 Å². The zero-order valence-corrected chi connectivity index (χ0v) is 26.3. The largest absolute Gasteiger partial charge is 0.488 e. The number of likely N-dealkylation sites (N-methyl/N-ethyl adjacent to an activating group) is 1. The highest BCUT2D eigenvalue weighted by Gasteiger charge is 2.33. The number of aliphatic hydroxyl groups is 1. The Morgan fingerprint density at radius 3 is 2.53 bits per heavy atom. The zero-order valence-electron chi connectivity index (χ0n) is 25.5. The summed E-state index contributed by atoms with van der Waals surface area (Å²) in [5.74, 6) is -0.127. The van der Waals surface area contributed by atoms with E-state index >= 15 is 0 Å². The first-order chi connectivity index (χ1) is 20.5. The van der Waals surface area contributed by atoms with E-state index in [1.807, 2.05) is 13.8 Å². The predicted molar refractivity (Wildman–Crippen MR) is 163 cm³/mol. The lowest BCUT2D eigenvalue weighted by molar-refractivity contribution is -0.134. The van der Waals surface area contributed by atoms with Crippen LogP contribution >= 0.6 is 0 Å². The number of ether oxygens (including phenoxy) is 2. The molecule has 0 spiro atoms. The Hall–Kier alpha value is -3.03. The summed E-state index contributed by atoms with van der Waals surface area (Å²) in [6.07, 6.45) is -0.263. The van der Waals surface area contributed by atoms with E-state index in [-0.39, 0.29) is 48.7 Å². The summed E-state index contributed by atoms with van der Waals surface area (Å²) in [6, 6.07) is 11.4. The molecule has 0 aromatic heterocycles. The number of anilines is 1. The van der Waals surface area contributed by atoms with Crippen molar-refractivity contribution in [2.45, 2.75) is 50.7 Å². The molecule has 0 aliphatic carbocycles. The highest BCUT2D eigenvalue weighted by Crippen LogP contribution is 2.30. The third kappa shape index (κ3) is 8.54. The number of amides is 2. The van der Waals surface area contributed by atoms with Crippen LogP contribution in [0.2, 0.25) is 0 Å². The van der Waals surface area contributed by atoms with Crippen LogP contribution in [0.15, 0.2) is 47.4 Å². The van der Waals surface area contributed by atoms with E-state index < -0.39 is 22.2 Å². The molecule has 2 heterocycles. The topological polar surface area (TPSA) is 129 Å². The first-order valence-electron chi connectivity index (χ1n) is 14.8. The monoisotopic (exact) mass is 616 g/mol. The summed E-state index contributed by atoms with van der Waals surface area (Å²) >= 11 is 0. The van der Waals surface area contributed by atoms with Crippen LogP contribution in [-0.2, 0) is 30.8 Å². The van der Waals surface area contributed by atoms with Crippen molar-refractivity contribution in [2.75, 3.05) is 64.9 Å². The Balaban J connectivity index is 1.56. The lowest BCUT2D eigenvalue weighted by Gasteiger charge is -2.33. The lowest BCUT2D eigenvalue weighted by atomic mass is 10.0. The number of nitrogens with one attached hydrogen (secondary N) is 1. The Kier molecular flexibility index (Phi) is 11.2. The highest BCUT2D eigenvalue weighted by atomic mass is 32.2. The fourth-order valence-corrected chi connectivity index (χ4v) is 6.46. The van der Waals surface area contributed by atoms with Crippen LogP contribution in [0.4, 0.5) is 5.69 Å². The van der Waals surface area contributed by atoms with Crippen molar-refractivity contribution in [3.8, 4) is 5.75 Å². The average molecular weight is 617 g/mol. The Morgan fingerprint density at radius 2 is 1.86 bits per heavy atom. The summed E-state index contributed by atoms with van der Waals surface area (Å²) in [5, 5.41) is 12.8. The fourth-order valence-electron chi connectivity index (χ4n) is 5.27. The standard InChI is InChI=1S/C31H44N4O7S/c1-22-5-8-27(9-6-22)43(39,40)33(4)20-29-23(2)19-35(24(3)21-36)31(38)18-25-17-26(7-10-28(25)42-29)32-30(37)11-12-34-13-15-41-16-14-34/h5-10,17,23-24,29,36H,11-16,18-21H2,1-4H3,(H,32,37)/t23-,24+,29-/m1/s1. The van der Waals surface area contributed by atoms with Gasteiger partial charge < -0.3 is 24.8 Å². The normalized spacial score (nSPS) is 20.9. The average Bonchev–Trinajstić information content (AvgIpc) is 3.03. The van der Waals surface area contributed by atoms with Crippen LogP contribution in [0.25, 0.3) is 0 Å². The number of morpholine rings is 1. The zero-order chi connectivity index (χ0) is 31.1. The highest BCUT2D eigenvalue weighted by molar-refractivity contribution is 7.89. The van der Waals surface area contributed by atoms with Gasteiger partial charge in [-0.15, -0.1) is 0 Å². The van der Waals surface area contributed by atoms with Crippen molar-refractivity contribution in [1.82, 2.24) is 14.1 Å². The summed E-state index contributed by atoms with van der Waals surface area (Å²) in [4.78, 5) is 30.2. The fraction of sp³-hybridized carbons (Fsp3) is 0.548. The van der Waals surface area contributed by atoms with Crippen molar-refractivity contribution in [2.24, 2.45) is 5.92 Å². The van der Waals surface area contributed by atoms with Crippen LogP contribution < -0.4 is 10.1 Å². The third-order valence-electron chi connectivity index (χ3n) is 8.13. The molecule has 2 N–H and O–H groups in total. The van der Waals surface area contributed by atoms with Gasteiger partial charge in [0.05, 0.1) is 43.7 Å². The lowest BCUT2D eigenvalue weighted by Crippen LogP contribution is -2.48. The molecule has 236 valence electrons. The minimum Gasteiger partial charge on any atom is -0.488 e. The van der Waals surface area contributed by atoms with Gasteiger partial charge >= 0.3 is 0 Å². The van der Waals surface area contributed by atoms with E-state index in [1.54, 1.807) is 54.3 Å². The molecule has 12 heteroatoms. The summed E-state index contributed by atoms with van der Waals surface area (Å²) in [7, 11) is -2.27. The van der Waals surface area contributed by atoms with Gasteiger partial charge in [-0.25, -0.2) is 8.42 Å². The number of nitrogens with zero attached hydrogens (tertiary/aromatic N) is 3. The molecular weight excluding hydrogens is 572 g/mol. The second kappa shape index (κ2) is 14.6. The first-order valence-corrected chi connectivity index (χ1v) is 16.2. The van der Waals surface area contributed by atoms with E-state index in [4.69, 9.17) is 9.47 Å². The maximum Gasteiger partial charge on any atom is 0.242 e. The van der Waals surface area contributed by atoms with E-state index in [2.05, 4.69) is 10.2 Å². The molecule has 0 radical (unpaired) electrons. The summed E-state index contributed by atoms with van der Waals surface area (Å²) in [5.41, 5.74) is 2.09. The van der Waals surface area contributed by atoms with Gasteiger partial charge in [-0.05, 0) is 44.2 Å². The quantitative estimate of drug-likeness (QED) is 0.416. The Labute approximate surface area is 254 Å². The second-order valence-corrected chi connectivity index (χ2v) is 13.6. The van der Waals surface area contributed by atoms with E-state index in [0.717, 1.165) is 18.7 Å². The van der Waals surface area contributed by atoms with Gasteiger partial charge in [-0.3, -0.25) is 14.5 Å². The summed E-state index contributed by atoms with van der Waals surface area (Å²) in [6.45, 7) is 9.27. The predicted octanol–water partition coefficient (Wildman–Crippen LogP) is 2.13. The van der Waals surface area contributed by atoms with Gasteiger partial charge in [-0.2, -0.15) is 4.31 Å². The third-order valence-corrected chi connectivity index (χ3v) is 9.96. The van der Waals surface area contributed by atoms with E-state index in [1.165, 1.54) is 11.4 Å². The van der Waals surface area contributed by atoms with Gasteiger partial charge in [-0.1, -0.05) is 24.6 Å². The smallest absolute Gasteiger partial charge is 0.242 e. The minimum atomic E-state index is -3.79. The van der Waals surface area contributed by atoms with E-state index in [9.17, 15) is 23.1 Å². The Bertz CT molecular complexity index is 1360. The van der Waals surface area contributed by atoms with E-state index in [0.29, 0.717) is 43.2 Å². The molecule has 0 unspecified atom stereocenters. The molecule has 1 saturated heterocycles. The van der Waals surface area contributed by atoms with Crippen LogP contribution in [0.1, 0.15) is 31.4 Å². The number of rotatable bonds is 10. The molecule has 4 rings (SSSR count). The van der Waals surface area contributed by atoms with Crippen LogP contribution in [-0.4, -0.2) is 111 Å². The molecule has 2 aliphatic heterocycles. The maximum absolute atomic E-state index is 13.5. The van der Waals surface area contributed by atoms with Crippen molar-refractivity contribution < 1.29 is 32.6 Å². The molecule has 2 aliphatic rings. The Morgan fingerprint density at radius 1 is 1.16 bits per heavy atom. The van der Waals surface area contributed by atoms with Gasteiger partial charge in [0.15, 0.2) is 0 Å². The van der Waals surface area contributed by atoms with Gasteiger partial charge in [0.2, 0.25) is 21.8 Å². The molecular formula is C31H44N4O7S. The number of sulfonamides is 1. The van der Waals surface area contributed by atoms with Crippen LogP contribution in [0.3, 0.4) is 0 Å². The molecule has 0 bridgehead atoms. The number of hydrogen-bond donors (Lipinski definition) is 2. The molecule has 43 heavy (non-hydrogen) atoms. The number of carbonyl (C=O) groups is 2.